The van der Waals surface area contributed by atoms with E-state index in [1.807, 2.05) is 13.8 Å². The number of hydrogen-bond donors (Lipinski definition) is 1. The summed E-state index contributed by atoms with van der Waals surface area (Å²) in [6, 6.07) is -0.201. The maximum Gasteiger partial charge on any atom is 0.323 e. The first-order valence-electron chi connectivity index (χ1n) is 6.52. The summed E-state index contributed by atoms with van der Waals surface area (Å²) in [7, 11) is 0. The van der Waals surface area contributed by atoms with Crippen LogP contribution < -0.4 is 5.73 Å². The molecular weight excluding hydrogens is 329 g/mol. The number of halogens is 1. The van der Waals surface area contributed by atoms with Gasteiger partial charge < -0.3 is 10.5 Å². The SMILES string of the molecule is CCC1(OC(=O)C(C)(I)C(C)N)CCCCC1. The highest BCUT2D eigenvalue weighted by Crippen LogP contribution is 2.36. The Kier molecular flexibility index (Phi) is 5.25. The largest absolute Gasteiger partial charge is 0.458 e. The first kappa shape index (κ1) is 15.2. The van der Waals surface area contributed by atoms with E-state index in [4.69, 9.17) is 10.5 Å². The number of carbonyl (C=O) groups excluding carboxylic acids is 1. The number of rotatable bonds is 4. The van der Waals surface area contributed by atoms with Crippen LogP contribution in [0.3, 0.4) is 0 Å². The molecule has 4 heteroatoms. The highest BCUT2D eigenvalue weighted by Gasteiger charge is 2.42. The smallest absolute Gasteiger partial charge is 0.323 e. The number of carbonyl (C=O) groups is 1. The second-order valence-corrected chi connectivity index (χ2v) is 7.59. The van der Waals surface area contributed by atoms with Gasteiger partial charge in [-0.2, -0.15) is 0 Å². The predicted octanol–water partition coefficient (Wildman–Crippen LogP) is 3.18. The minimum absolute atomic E-state index is 0.156. The van der Waals surface area contributed by atoms with E-state index in [0.717, 1.165) is 32.1 Å². The highest BCUT2D eigenvalue weighted by molar-refractivity contribution is 14.1. The minimum atomic E-state index is -0.628. The van der Waals surface area contributed by atoms with Crippen LogP contribution in [0.15, 0.2) is 0 Å². The zero-order chi connectivity index (χ0) is 13.1. The molecule has 3 nitrogen and oxygen atoms in total. The third kappa shape index (κ3) is 3.56. The number of alkyl halides is 1. The van der Waals surface area contributed by atoms with E-state index >= 15 is 0 Å². The van der Waals surface area contributed by atoms with Crippen LogP contribution in [0.4, 0.5) is 0 Å². The van der Waals surface area contributed by atoms with Gasteiger partial charge in [0.1, 0.15) is 9.02 Å². The van der Waals surface area contributed by atoms with Crippen molar-refractivity contribution in [1.82, 2.24) is 0 Å². The fourth-order valence-electron chi connectivity index (χ4n) is 2.21. The van der Waals surface area contributed by atoms with Crippen molar-refractivity contribution in [2.45, 2.75) is 74.4 Å². The third-order valence-electron chi connectivity index (χ3n) is 3.97. The minimum Gasteiger partial charge on any atom is -0.458 e. The Morgan fingerprint density at radius 1 is 1.47 bits per heavy atom. The van der Waals surface area contributed by atoms with Crippen molar-refractivity contribution in [3.05, 3.63) is 0 Å². The van der Waals surface area contributed by atoms with E-state index < -0.39 is 3.42 Å². The first-order valence-corrected chi connectivity index (χ1v) is 7.60. The summed E-state index contributed by atoms with van der Waals surface area (Å²) >= 11 is 2.11. The molecule has 0 aromatic rings. The number of ether oxygens (including phenoxy) is 1. The van der Waals surface area contributed by atoms with Gasteiger partial charge in [-0.1, -0.05) is 35.9 Å². The molecular formula is C13H24INO2. The average molecular weight is 353 g/mol. The molecule has 0 aliphatic heterocycles. The maximum atomic E-state index is 12.2. The molecule has 0 aromatic heterocycles. The van der Waals surface area contributed by atoms with Gasteiger partial charge in [-0.05, 0) is 46.0 Å². The molecule has 0 spiro atoms. The summed E-state index contributed by atoms with van der Waals surface area (Å²) < 4.78 is 5.20. The van der Waals surface area contributed by atoms with Crippen LogP contribution in [-0.2, 0) is 9.53 Å². The fraction of sp³-hybridized carbons (Fsp3) is 0.923. The van der Waals surface area contributed by atoms with Crippen molar-refractivity contribution in [3.8, 4) is 0 Å². The number of nitrogens with two attached hydrogens (primary N) is 1. The van der Waals surface area contributed by atoms with Gasteiger partial charge in [0.2, 0.25) is 0 Å². The Bertz CT molecular complexity index is 271. The molecule has 2 unspecified atom stereocenters. The molecule has 0 aromatic carbocycles. The molecule has 17 heavy (non-hydrogen) atoms. The summed E-state index contributed by atoms with van der Waals surface area (Å²) in [5.74, 6) is -0.156. The van der Waals surface area contributed by atoms with Crippen molar-refractivity contribution >= 4 is 28.6 Å². The second-order valence-electron chi connectivity index (χ2n) is 5.35. The lowest BCUT2D eigenvalue weighted by atomic mass is 9.82. The van der Waals surface area contributed by atoms with Crippen molar-refractivity contribution in [2.75, 3.05) is 0 Å². The highest BCUT2D eigenvalue weighted by atomic mass is 127. The summed E-state index contributed by atoms with van der Waals surface area (Å²) in [4.78, 5) is 12.2. The Labute approximate surface area is 118 Å². The Balaban J connectivity index is 2.71. The van der Waals surface area contributed by atoms with Crippen LogP contribution in [0, 0.1) is 0 Å². The molecule has 0 bridgehead atoms. The number of esters is 1. The molecule has 1 rings (SSSR count). The van der Waals surface area contributed by atoms with E-state index in [9.17, 15) is 4.79 Å². The fourth-order valence-corrected chi connectivity index (χ4v) is 2.32. The van der Waals surface area contributed by atoms with Gasteiger partial charge in [-0.15, -0.1) is 0 Å². The number of hydrogen-bond acceptors (Lipinski definition) is 3. The zero-order valence-corrected chi connectivity index (χ0v) is 13.2. The summed E-state index contributed by atoms with van der Waals surface area (Å²) in [6.45, 7) is 5.81. The Morgan fingerprint density at radius 3 is 2.41 bits per heavy atom. The summed E-state index contributed by atoms with van der Waals surface area (Å²) in [5, 5.41) is 0. The van der Waals surface area contributed by atoms with Crippen molar-refractivity contribution in [1.29, 1.82) is 0 Å². The van der Waals surface area contributed by atoms with E-state index in [1.165, 1.54) is 6.42 Å². The van der Waals surface area contributed by atoms with Crippen molar-refractivity contribution < 1.29 is 9.53 Å². The molecule has 0 amide bonds. The lowest BCUT2D eigenvalue weighted by Gasteiger charge is -2.38. The molecule has 2 N–H and O–H groups in total. The van der Waals surface area contributed by atoms with Gasteiger partial charge in [-0.25, -0.2) is 0 Å². The lowest BCUT2D eigenvalue weighted by molar-refractivity contribution is -0.166. The van der Waals surface area contributed by atoms with E-state index in [1.54, 1.807) is 0 Å². The molecule has 0 saturated heterocycles. The maximum absolute atomic E-state index is 12.2. The quantitative estimate of drug-likeness (QED) is 0.480. The molecule has 1 aliphatic carbocycles. The molecule has 100 valence electrons. The monoisotopic (exact) mass is 353 g/mol. The molecule has 0 heterocycles. The normalized spacial score (nSPS) is 24.8. The van der Waals surface area contributed by atoms with Gasteiger partial charge >= 0.3 is 5.97 Å². The van der Waals surface area contributed by atoms with Crippen molar-refractivity contribution in [3.63, 3.8) is 0 Å². The second kappa shape index (κ2) is 5.87. The van der Waals surface area contributed by atoms with Crippen LogP contribution in [0.2, 0.25) is 0 Å². The summed E-state index contributed by atoms with van der Waals surface area (Å²) in [5.41, 5.74) is 5.63. The standard InChI is InChI=1S/C13H24INO2/c1-4-13(8-6-5-7-9-13)17-11(16)12(3,14)10(2)15/h10H,4-9,15H2,1-3H3. The van der Waals surface area contributed by atoms with E-state index in [2.05, 4.69) is 29.5 Å². The molecule has 0 radical (unpaired) electrons. The molecule has 1 fully saturated rings. The topological polar surface area (TPSA) is 52.3 Å². The van der Waals surface area contributed by atoms with Gasteiger partial charge in [0.25, 0.3) is 0 Å². The molecule has 1 saturated carbocycles. The van der Waals surface area contributed by atoms with E-state index in [0.29, 0.717) is 0 Å². The van der Waals surface area contributed by atoms with Crippen LogP contribution in [0.25, 0.3) is 0 Å². The first-order chi connectivity index (χ1) is 7.84. The zero-order valence-electron chi connectivity index (χ0n) is 11.1. The lowest BCUT2D eigenvalue weighted by Crippen LogP contribution is -2.49. The van der Waals surface area contributed by atoms with Crippen molar-refractivity contribution in [2.24, 2.45) is 5.73 Å². The van der Waals surface area contributed by atoms with Crippen LogP contribution in [0.1, 0.15) is 59.3 Å². The Morgan fingerprint density at radius 2 is 2.00 bits per heavy atom. The molecule has 1 aliphatic rings. The molecule has 2 atom stereocenters. The third-order valence-corrected chi connectivity index (χ3v) is 5.40. The summed E-state index contributed by atoms with van der Waals surface area (Å²) in [6.07, 6.45) is 6.49. The van der Waals surface area contributed by atoms with Gasteiger partial charge in [-0.3, -0.25) is 4.79 Å². The van der Waals surface area contributed by atoms with Crippen LogP contribution in [0.5, 0.6) is 0 Å². The van der Waals surface area contributed by atoms with Gasteiger partial charge in [0, 0.05) is 6.04 Å². The van der Waals surface area contributed by atoms with E-state index in [-0.39, 0.29) is 17.6 Å². The average Bonchev–Trinajstić information content (AvgIpc) is 2.30. The van der Waals surface area contributed by atoms with Crippen LogP contribution >= 0.6 is 22.6 Å². The van der Waals surface area contributed by atoms with Gasteiger partial charge in [0.05, 0.1) is 0 Å². The van der Waals surface area contributed by atoms with Gasteiger partial charge in [0.15, 0.2) is 0 Å². The Hall–Kier alpha value is 0.160. The predicted molar refractivity (Wildman–Crippen MR) is 78.3 cm³/mol. The van der Waals surface area contributed by atoms with Crippen LogP contribution in [-0.4, -0.2) is 21.0 Å².